The highest BCUT2D eigenvalue weighted by atomic mass is 35.5. The average Bonchev–Trinajstić information content (AvgIpc) is 3.03. The van der Waals surface area contributed by atoms with Crippen LogP contribution < -0.4 is 5.32 Å². The SMILES string of the molecule is CC(=O)OC[C@H](CCC(=O)OCc1ccccc1)N(C)C(=O)OC(C)(C)C.CN[C@@H](CCC(=O)OCc1ccccc1)COC(C)=O.Cl. The van der Waals surface area contributed by atoms with E-state index in [0.717, 1.165) is 11.1 Å². The highest BCUT2D eigenvalue weighted by Crippen LogP contribution is 2.15. The minimum absolute atomic E-state index is 0. The van der Waals surface area contributed by atoms with E-state index in [1.54, 1.807) is 34.9 Å². The summed E-state index contributed by atoms with van der Waals surface area (Å²) in [5, 5.41) is 3.00. The number of likely N-dealkylation sites (N-methyl/N-ethyl adjacent to an activating group) is 2. The second-order valence-electron chi connectivity index (χ2n) is 11.7. The fourth-order valence-corrected chi connectivity index (χ4v) is 3.81. The van der Waals surface area contributed by atoms with E-state index in [4.69, 9.17) is 23.7 Å². The van der Waals surface area contributed by atoms with E-state index in [1.807, 2.05) is 60.7 Å². The topological polar surface area (TPSA) is 147 Å². The molecule has 0 aliphatic carbocycles. The molecule has 1 N–H and O–H groups in total. The number of esters is 4. The van der Waals surface area contributed by atoms with Gasteiger partial charge in [-0.25, -0.2) is 4.79 Å². The molecule has 268 valence electrons. The first kappa shape index (κ1) is 43.8. The van der Waals surface area contributed by atoms with E-state index in [2.05, 4.69) is 5.32 Å². The molecule has 2 aromatic rings. The van der Waals surface area contributed by atoms with Crippen molar-refractivity contribution >= 4 is 42.4 Å². The van der Waals surface area contributed by atoms with Crippen LogP contribution in [0.2, 0.25) is 0 Å². The monoisotopic (exact) mass is 694 g/mol. The van der Waals surface area contributed by atoms with Crippen LogP contribution in [0, 0.1) is 0 Å². The molecule has 2 atom stereocenters. The molecule has 0 saturated carbocycles. The summed E-state index contributed by atoms with van der Waals surface area (Å²) in [5.41, 5.74) is 1.21. The van der Waals surface area contributed by atoms with E-state index in [1.165, 1.54) is 18.7 Å². The second kappa shape index (κ2) is 24.1. The van der Waals surface area contributed by atoms with Crippen molar-refractivity contribution in [1.29, 1.82) is 0 Å². The summed E-state index contributed by atoms with van der Waals surface area (Å²) < 4.78 is 25.7. The Morgan fingerprint density at radius 1 is 0.708 bits per heavy atom. The van der Waals surface area contributed by atoms with Crippen LogP contribution in [0.25, 0.3) is 0 Å². The molecule has 0 unspecified atom stereocenters. The Bertz CT molecular complexity index is 1240. The van der Waals surface area contributed by atoms with Gasteiger partial charge < -0.3 is 33.9 Å². The van der Waals surface area contributed by atoms with E-state index in [-0.39, 0.29) is 75.6 Å². The fraction of sp³-hybridized carbons (Fsp3) is 0.514. The van der Waals surface area contributed by atoms with Crippen LogP contribution in [0.15, 0.2) is 60.7 Å². The molecule has 13 heteroatoms. The molecule has 2 aromatic carbocycles. The highest BCUT2D eigenvalue weighted by molar-refractivity contribution is 5.85. The number of hydrogen-bond donors (Lipinski definition) is 1. The summed E-state index contributed by atoms with van der Waals surface area (Å²) in [5.74, 6) is -1.41. The van der Waals surface area contributed by atoms with Gasteiger partial charge in [0.1, 0.15) is 32.0 Å². The predicted octanol–water partition coefficient (Wildman–Crippen LogP) is 5.39. The predicted molar refractivity (Wildman–Crippen MR) is 182 cm³/mol. The van der Waals surface area contributed by atoms with Gasteiger partial charge in [0.05, 0.1) is 6.04 Å². The largest absolute Gasteiger partial charge is 0.464 e. The average molecular weight is 695 g/mol. The minimum Gasteiger partial charge on any atom is -0.464 e. The standard InChI is InChI=1S/C20H29NO6.C15H21NO4.ClH/c1-15(22)25-14-17(21(5)19(24)27-20(2,3)4)11-12-18(23)26-13-16-9-7-6-8-10-16;1-12(17)19-11-14(16-2)8-9-15(18)20-10-13-6-4-3-5-7-13;/h6-10,17H,11-14H2,1-5H3;3-7,14,16H,8-11H2,1-2H3;1H/t17-;14-;/m00./s1. The Balaban J connectivity index is 0.000000940. The molecule has 0 radical (unpaired) electrons. The molecule has 0 heterocycles. The van der Waals surface area contributed by atoms with E-state index in [9.17, 15) is 24.0 Å². The molecule has 0 aliphatic rings. The molecule has 2 rings (SSSR count). The third-order valence-corrected chi connectivity index (χ3v) is 6.47. The lowest BCUT2D eigenvalue weighted by Gasteiger charge is -2.30. The van der Waals surface area contributed by atoms with Gasteiger partial charge in [0.15, 0.2) is 0 Å². The van der Waals surface area contributed by atoms with Crippen LogP contribution in [-0.2, 0) is 56.1 Å². The van der Waals surface area contributed by atoms with Crippen LogP contribution >= 0.6 is 12.4 Å². The molecule has 0 aromatic heterocycles. The Labute approximate surface area is 290 Å². The van der Waals surface area contributed by atoms with Crippen molar-refractivity contribution in [1.82, 2.24) is 10.2 Å². The van der Waals surface area contributed by atoms with Gasteiger partial charge in [0, 0.05) is 39.8 Å². The van der Waals surface area contributed by atoms with Gasteiger partial charge in [-0.05, 0) is 51.8 Å². The lowest BCUT2D eigenvalue weighted by atomic mass is 10.1. The number of halogens is 1. The zero-order chi connectivity index (χ0) is 35.2. The number of hydrogen-bond acceptors (Lipinski definition) is 11. The quantitative estimate of drug-likeness (QED) is 0.178. The first-order valence-electron chi connectivity index (χ1n) is 15.5. The number of ether oxygens (including phenoxy) is 5. The molecule has 0 spiro atoms. The van der Waals surface area contributed by atoms with Gasteiger partial charge >= 0.3 is 30.0 Å². The molecule has 0 aliphatic heterocycles. The maximum atomic E-state index is 12.2. The number of amides is 1. The highest BCUT2D eigenvalue weighted by Gasteiger charge is 2.27. The zero-order valence-electron chi connectivity index (χ0n) is 29.0. The molecule has 0 bridgehead atoms. The number of nitrogens with zero attached hydrogens (tertiary/aromatic N) is 1. The fourth-order valence-electron chi connectivity index (χ4n) is 3.81. The number of carbonyl (C=O) groups excluding carboxylic acids is 5. The van der Waals surface area contributed by atoms with Crippen LogP contribution in [0.3, 0.4) is 0 Å². The van der Waals surface area contributed by atoms with Crippen LogP contribution in [0.1, 0.15) is 71.4 Å². The van der Waals surface area contributed by atoms with Crippen molar-refractivity contribution in [3.8, 4) is 0 Å². The molecule has 48 heavy (non-hydrogen) atoms. The minimum atomic E-state index is -0.647. The van der Waals surface area contributed by atoms with Crippen LogP contribution in [0.4, 0.5) is 4.79 Å². The maximum absolute atomic E-state index is 12.2. The first-order valence-corrected chi connectivity index (χ1v) is 15.5. The normalized spacial score (nSPS) is 11.6. The first-order chi connectivity index (χ1) is 22.2. The Hall–Kier alpha value is -4.16. The van der Waals surface area contributed by atoms with Gasteiger partial charge in [-0.2, -0.15) is 0 Å². The molecule has 0 fully saturated rings. The van der Waals surface area contributed by atoms with E-state index in [0.29, 0.717) is 12.8 Å². The Morgan fingerprint density at radius 3 is 1.56 bits per heavy atom. The van der Waals surface area contributed by atoms with Crippen LogP contribution in [-0.4, -0.2) is 79.9 Å². The maximum Gasteiger partial charge on any atom is 0.410 e. The summed E-state index contributed by atoms with van der Waals surface area (Å²) in [7, 11) is 3.32. The summed E-state index contributed by atoms with van der Waals surface area (Å²) in [6.07, 6.45) is 0.692. The number of nitrogens with one attached hydrogen (secondary N) is 1. The van der Waals surface area contributed by atoms with Gasteiger partial charge in [0.2, 0.25) is 0 Å². The molecule has 12 nitrogen and oxygen atoms in total. The van der Waals surface area contributed by atoms with Crippen molar-refractivity contribution < 1.29 is 47.7 Å². The second-order valence-corrected chi connectivity index (χ2v) is 11.7. The van der Waals surface area contributed by atoms with Gasteiger partial charge in [0.25, 0.3) is 0 Å². The number of benzene rings is 2. The smallest absolute Gasteiger partial charge is 0.410 e. The molecular weight excluding hydrogens is 644 g/mol. The Kier molecular flexibility index (Phi) is 22.0. The molecule has 1 amide bonds. The third kappa shape index (κ3) is 21.6. The number of carbonyl (C=O) groups is 5. The summed E-state index contributed by atoms with van der Waals surface area (Å²) in [6.45, 7) is 8.67. The lowest BCUT2D eigenvalue weighted by Crippen LogP contribution is -2.43. The molecule has 0 saturated heterocycles. The Morgan fingerprint density at radius 2 is 1.15 bits per heavy atom. The van der Waals surface area contributed by atoms with Crippen molar-refractivity contribution in [2.75, 3.05) is 27.3 Å². The molecular formula is C35H51ClN2O10. The van der Waals surface area contributed by atoms with Crippen LogP contribution in [0.5, 0.6) is 0 Å². The van der Waals surface area contributed by atoms with Crippen molar-refractivity contribution in [3.63, 3.8) is 0 Å². The summed E-state index contributed by atoms with van der Waals surface area (Å²) in [6, 6.07) is 18.4. The zero-order valence-corrected chi connectivity index (χ0v) is 29.8. The van der Waals surface area contributed by atoms with Crippen molar-refractivity contribution in [3.05, 3.63) is 71.8 Å². The van der Waals surface area contributed by atoms with Crippen molar-refractivity contribution in [2.45, 2.75) is 91.2 Å². The van der Waals surface area contributed by atoms with E-state index >= 15 is 0 Å². The summed E-state index contributed by atoms with van der Waals surface area (Å²) >= 11 is 0. The van der Waals surface area contributed by atoms with Crippen molar-refractivity contribution in [2.24, 2.45) is 0 Å². The number of rotatable bonds is 16. The van der Waals surface area contributed by atoms with Gasteiger partial charge in [-0.15, -0.1) is 12.4 Å². The van der Waals surface area contributed by atoms with E-state index < -0.39 is 23.7 Å². The van der Waals surface area contributed by atoms with Gasteiger partial charge in [-0.3, -0.25) is 19.2 Å². The lowest BCUT2D eigenvalue weighted by molar-refractivity contribution is -0.147. The third-order valence-electron chi connectivity index (χ3n) is 6.47. The van der Waals surface area contributed by atoms with Gasteiger partial charge in [-0.1, -0.05) is 60.7 Å². The summed E-state index contributed by atoms with van der Waals surface area (Å²) in [4.78, 5) is 59.1.